The zero-order valence-electron chi connectivity index (χ0n) is 32.4. The third kappa shape index (κ3) is 4.72. The third-order valence-corrected chi connectivity index (χ3v) is 17.5. The summed E-state index contributed by atoms with van der Waals surface area (Å²) in [5, 5.41) is 12.7. The van der Waals surface area contributed by atoms with Crippen LogP contribution in [-0.4, -0.2) is 108 Å². The standard InChI is InChI=1S/C41H67N3O6/c1-9-42-19-21-44(22-20-42)35(46)49-30-13-14-40-24-41(40)16-15-38(7)31-26(4)23-27(32(25(2)3)50-36(47)43-17-10-18-43)48-33(31)34(45)39(38,8)29(41)12-11-28(40)37(30,5)6/h25-34,45H,9-24H2,1-8H3/t26-,27-,28+,29+,30+,31+,32-,33+,34+,38-,39-,40-,41+/m1/s1. The van der Waals surface area contributed by atoms with Crippen molar-refractivity contribution in [1.82, 2.24) is 14.7 Å². The van der Waals surface area contributed by atoms with Gasteiger partial charge >= 0.3 is 12.2 Å². The Balaban J connectivity index is 1.00. The van der Waals surface area contributed by atoms with Crippen molar-refractivity contribution >= 4 is 12.2 Å². The van der Waals surface area contributed by atoms with Crippen molar-refractivity contribution in [2.45, 2.75) is 144 Å². The Labute approximate surface area is 301 Å². The van der Waals surface area contributed by atoms with Gasteiger partial charge in [-0.15, -0.1) is 0 Å². The second-order valence-electron chi connectivity index (χ2n) is 19.8. The highest BCUT2D eigenvalue weighted by atomic mass is 16.6. The van der Waals surface area contributed by atoms with Crippen LogP contribution in [0.15, 0.2) is 0 Å². The molecule has 50 heavy (non-hydrogen) atoms. The molecule has 0 aromatic heterocycles. The van der Waals surface area contributed by atoms with Crippen LogP contribution < -0.4 is 0 Å². The first kappa shape index (κ1) is 35.4. The maximum atomic E-state index is 13.4. The number of piperazine rings is 1. The SMILES string of the molecule is CCN1CCN(C(=O)O[C@H]2CC[C@]34C[C@]35CC[C@]3(C)[C@@H]6[C@H](O[C@@H]([C@H](OC(=O)N7CCC7)C(C)C)C[C@H]6C)[C@H](O)[C@@]3(C)[C@@H]5CC[C@H]4C2(C)C)CC1. The van der Waals surface area contributed by atoms with Crippen molar-refractivity contribution in [3.05, 3.63) is 0 Å². The normalized spacial score (nSPS) is 48.3. The fourth-order valence-corrected chi connectivity index (χ4v) is 14.5. The molecule has 0 radical (unpaired) electrons. The summed E-state index contributed by atoms with van der Waals surface area (Å²) >= 11 is 0. The Bertz CT molecular complexity index is 1350. The van der Waals surface area contributed by atoms with Gasteiger partial charge in [0, 0.05) is 50.1 Å². The number of aliphatic hydroxyl groups excluding tert-OH is 1. The Morgan fingerprint density at radius 2 is 1.54 bits per heavy atom. The highest BCUT2D eigenvalue weighted by Gasteiger charge is 2.84. The quantitative estimate of drug-likeness (QED) is 0.338. The molecule has 3 aliphatic heterocycles. The first-order valence-electron chi connectivity index (χ1n) is 20.6. The van der Waals surface area contributed by atoms with E-state index in [1.165, 1.54) is 12.8 Å². The van der Waals surface area contributed by atoms with E-state index in [0.29, 0.717) is 17.8 Å². The van der Waals surface area contributed by atoms with E-state index in [1.54, 1.807) is 4.90 Å². The Morgan fingerprint density at radius 1 is 0.880 bits per heavy atom. The first-order valence-corrected chi connectivity index (χ1v) is 20.6. The summed E-state index contributed by atoms with van der Waals surface area (Å²) in [6.07, 6.45) is 8.16. The fraction of sp³-hybridized carbons (Fsp3) is 0.951. The molecule has 8 aliphatic rings. The predicted molar refractivity (Wildman–Crippen MR) is 191 cm³/mol. The number of carbonyl (C=O) groups is 2. The van der Waals surface area contributed by atoms with Gasteiger partial charge in [0.25, 0.3) is 0 Å². The van der Waals surface area contributed by atoms with Gasteiger partial charge in [-0.1, -0.05) is 55.4 Å². The molecule has 3 saturated heterocycles. The van der Waals surface area contributed by atoms with Crippen molar-refractivity contribution < 1.29 is 28.9 Å². The number of ether oxygens (including phenoxy) is 3. The molecule has 282 valence electrons. The average Bonchev–Trinajstić information content (AvgIpc) is 3.68. The molecule has 3 heterocycles. The van der Waals surface area contributed by atoms with Crippen molar-refractivity contribution in [2.75, 3.05) is 45.8 Å². The Morgan fingerprint density at radius 3 is 2.18 bits per heavy atom. The number of hydrogen-bond donors (Lipinski definition) is 1. The van der Waals surface area contributed by atoms with E-state index < -0.39 is 6.10 Å². The van der Waals surface area contributed by atoms with Crippen LogP contribution in [0.3, 0.4) is 0 Å². The van der Waals surface area contributed by atoms with Crippen molar-refractivity contribution in [3.63, 3.8) is 0 Å². The van der Waals surface area contributed by atoms with Gasteiger partial charge in [0.1, 0.15) is 12.2 Å². The van der Waals surface area contributed by atoms with Gasteiger partial charge in [0.05, 0.1) is 18.3 Å². The van der Waals surface area contributed by atoms with Crippen molar-refractivity contribution in [1.29, 1.82) is 0 Å². The molecule has 0 bridgehead atoms. The minimum Gasteiger partial charge on any atom is -0.446 e. The molecule has 0 unspecified atom stereocenters. The van der Waals surface area contributed by atoms with Crippen LogP contribution in [0.5, 0.6) is 0 Å². The van der Waals surface area contributed by atoms with Crippen LogP contribution >= 0.6 is 0 Å². The molecule has 5 aliphatic carbocycles. The van der Waals surface area contributed by atoms with E-state index in [1.807, 2.05) is 4.90 Å². The van der Waals surface area contributed by atoms with E-state index in [0.717, 1.165) is 90.8 Å². The summed E-state index contributed by atoms with van der Waals surface area (Å²) in [5.74, 6) is 1.77. The summed E-state index contributed by atoms with van der Waals surface area (Å²) in [4.78, 5) is 32.5. The van der Waals surface area contributed by atoms with Crippen LogP contribution in [-0.2, 0) is 14.2 Å². The Hall–Kier alpha value is -1.58. The second kappa shape index (κ2) is 12.0. The highest BCUT2D eigenvalue weighted by molar-refractivity contribution is 5.69. The van der Waals surface area contributed by atoms with E-state index >= 15 is 0 Å². The predicted octanol–water partition coefficient (Wildman–Crippen LogP) is 6.81. The summed E-state index contributed by atoms with van der Waals surface area (Å²) in [6.45, 7) is 24.5. The number of amides is 2. The minimum atomic E-state index is -0.545. The van der Waals surface area contributed by atoms with Crippen LogP contribution in [0, 0.1) is 56.7 Å². The molecule has 9 nitrogen and oxygen atoms in total. The second-order valence-corrected chi connectivity index (χ2v) is 19.8. The smallest absolute Gasteiger partial charge is 0.410 e. The van der Waals surface area contributed by atoms with E-state index in [2.05, 4.69) is 60.3 Å². The summed E-state index contributed by atoms with van der Waals surface area (Å²) in [6, 6.07) is 0. The molecular formula is C41H67N3O6. The van der Waals surface area contributed by atoms with E-state index in [-0.39, 0.29) is 75.5 Å². The third-order valence-electron chi connectivity index (χ3n) is 17.5. The van der Waals surface area contributed by atoms with Crippen molar-refractivity contribution in [2.24, 2.45) is 56.7 Å². The van der Waals surface area contributed by atoms with Gasteiger partial charge in [-0.2, -0.15) is 0 Å². The highest BCUT2D eigenvalue weighted by Crippen LogP contribution is 2.89. The Kier molecular flexibility index (Phi) is 8.48. The van der Waals surface area contributed by atoms with Crippen molar-refractivity contribution in [3.8, 4) is 0 Å². The number of hydrogen-bond acceptors (Lipinski definition) is 7. The van der Waals surface area contributed by atoms with Gasteiger partial charge in [-0.25, -0.2) is 9.59 Å². The number of aliphatic hydroxyl groups is 1. The lowest BCUT2D eigenvalue weighted by atomic mass is 9.41. The molecule has 2 amide bonds. The molecule has 0 aromatic rings. The molecule has 8 rings (SSSR count). The van der Waals surface area contributed by atoms with Crippen LogP contribution in [0.2, 0.25) is 0 Å². The maximum Gasteiger partial charge on any atom is 0.410 e. The molecule has 1 N–H and O–H groups in total. The maximum absolute atomic E-state index is 13.4. The number of rotatable bonds is 5. The lowest BCUT2D eigenvalue weighted by Crippen LogP contribution is -2.60. The van der Waals surface area contributed by atoms with Gasteiger partial charge < -0.3 is 34.0 Å². The molecule has 13 atom stereocenters. The minimum absolute atomic E-state index is 0.0142. The first-order chi connectivity index (χ1) is 23.6. The molecule has 5 saturated carbocycles. The van der Waals surface area contributed by atoms with Gasteiger partial charge in [0.15, 0.2) is 0 Å². The van der Waals surface area contributed by atoms with E-state index in [4.69, 9.17) is 14.2 Å². The van der Waals surface area contributed by atoms with Gasteiger partial charge in [-0.3, -0.25) is 0 Å². The fourth-order valence-electron chi connectivity index (χ4n) is 14.5. The summed E-state index contributed by atoms with van der Waals surface area (Å²) in [7, 11) is 0. The number of nitrogens with zero attached hydrogens (tertiary/aromatic N) is 3. The number of carbonyl (C=O) groups excluding carboxylic acids is 2. The van der Waals surface area contributed by atoms with Gasteiger partial charge in [-0.05, 0) is 110 Å². The molecular weight excluding hydrogens is 630 g/mol. The monoisotopic (exact) mass is 698 g/mol. The van der Waals surface area contributed by atoms with Gasteiger partial charge in [0.2, 0.25) is 0 Å². The number of likely N-dealkylation sites (N-methyl/N-ethyl adjacent to an activating group) is 1. The number of likely N-dealkylation sites (tertiary alicyclic amines) is 1. The molecule has 8 fully saturated rings. The average molecular weight is 698 g/mol. The topological polar surface area (TPSA) is 91.8 Å². The van der Waals surface area contributed by atoms with Crippen LogP contribution in [0.25, 0.3) is 0 Å². The summed E-state index contributed by atoms with van der Waals surface area (Å²) in [5.41, 5.74) is 0.183. The molecule has 0 aromatic carbocycles. The largest absolute Gasteiger partial charge is 0.446 e. The lowest BCUT2D eigenvalue weighted by Gasteiger charge is -2.63. The molecule has 2 spiro atoms. The van der Waals surface area contributed by atoms with E-state index in [9.17, 15) is 14.7 Å². The lowest BCUT2D eigenvalue weighted by molar-refractivity contribution is -0.185. The zero-order chi connectivity index (χ0) is 35.6. The van der Waals surface area contributed by atoms with Crippen LogP contribution in [0.1, 0.15) is 113 Å². The van der Waals surface area contributed by atoms with Crippen LogP contribution in [0.4, 0.5) is 9.59 Å². The summed E-state index contributed by atoms with van der Waals surface area (Å²) < 4.78 is 19.6. The zero-order valence-corrected chi connectivity index (χ0v) is 32.4. The molecule has 9 heteroatoms. The number of fused-ring (bicyclic) bond motifs is 4.